The summed E-state index contributed by atoms with van der Waals surface area (Å²) in [5, 5.41) is 0. The Hall–Kier alpha value is -0.730. The van der Waals surface area contributed by atoms with Crippen molar-refractivity contribution in [3.05, 3.63) is 0 Å². The summed E-state index contributed by atoms with van der Waals surface area (Å²) >= 11 is 0. The van der Waals surface area contributed by atoms with Crippen molar-refractivity contribution >= 4 is 5.97 Å². The predicted molar refractivity (Wildman–Crippen MR) is 82.9 cm³/mol. The molecule has 3 aliphatic heterocycles. The van der Waals surface area contributed by atoms with Gasteiger partial charge in [-0.2, -0.15) is 0 Å². The summed E-state index contributed by atoms with van der Waals surface area (Å²) in [5.41, 5.74) is -0.572. The van der Waals surface area contributed by atoms with E-state index in [-0.39, 0.29) is 30.9 Å². The van der Waals surface area contributed by atoms with Gasteiger partial charge in [0.2, 0.25) is 0 Å². The summed E-state index contributed by atoms with van der Waals surface area (Å²) in [6.07, 6.45) is -2.13. The molecule has 24 heavy (non-hydrogen) atoms. The van der Waals surface area contributed by atoms with Gasteiger partial charge in [-0.3, -0.25) is 4.79 Å². The SMILES string of the molecule is CC1(C)OC2O[C@H](COC(=O)C(C)(C)C)[C@@H]3OC(C)(C)O[C@H]3C2O1. The van der Waals surface area contributed by atoms with Crippen molar-refractivity contribution in [1.29, 1.82) is 0 Å². The van der Waals surface area contributed by atoms with Gasteiger partial charge in [0.1, 0.15) is 31.0 Å². The Kier molecular flexibility index (Phi) is 4.25. The highest BCUT2D eigenvalue weighted by Crippen LogP contribution is 2.44. The molecule has 3 rings (SSSR count). The zero-order chi connectivity index (χ0) is 17.9. The molecule has 3 saturated heterocycles. The van der Waals surface area contributed by atoms with E-state index in [4.69, 9.17) is 28.4 Å². The van der Waals surface area contributed by atoms with Gasteiger partial charge in [0.05, 0.1) is 5.41 Å². The number of ether oxygens (including phenoxy) is 6. The molecule has 7 nitrogen and oxygen atoms in total. The number of esters is 1. The van der Waals surface area contributed by atoms with E-state index in [9.17, 15) is 4.79 Å². The van der Waals surface area contributed by atoms with E-state index < -0.39 is 29.4 Å². The van der Waals surface area contributed by atoms with Gasteiger partial charge in [-0.15, -0.1) is 0 Å². The van der Waals surface area contributed by atoms with E-state index in [0.717, 1.165) is 0 Å². The third kappa shape index (κ3) is 3.46. The molecular formula is C17H28O7. The minimum atomic E-state index is -0.757. The number of fused-ring (bicyclic) bond motifs is 3. The van der Waals surface area contributed by atoms with Gasteiger partial charge < -0.3 is 28.4 Å². The third-order valence-corrected chi connectivity index (χ3v) is 4.24. The molecule has 3 aliphatic rings. The van der Waals surface area contributed by atoms with E-state index in [0.29, 0.717) is 0 Å². The van der Waals surface area contributed by atoms with E-state index in [1.807, 2.05) is 48.5 Å². The molecule has 0 bridgehead atoms. The van der Waals surface area contributed by atoms with Gasteiger partial charge in [0.25, 0.3) is 0 Å². The second kappa shape index (κ2) is 5.64. The lowest BCUT2D eigenvalue weighted by atomic mass is 9.97. The third-order valence-electron chi connectivity index (χ3n) is 4.24. The van der Waals surface area contributed by atoms with Crippen LogP contribution in [-0.4, -0.2) is 54.9 Å². The van der Waals surface area contributed by atoms with Crippen molar-refractivity contribution < 1.29 is 33.2 Å². The van der Waals surface area contributed by atoms with Crippen LogP contribution in [0.15, 0.2) is 0 Å². The van der Waals surface area contributed by atoms with Crippen LogP contribution in [0.4, 0.5) is 0 Å². The normalized spacial score (nSPS) is 40.0. The van der Waals surface area contributed by atoms with Crippen molar-refractivity contribution in [3.63, 3.8) is 0 Å². The Morgan fingerprint density at radius 2 is 1.46 bits per heavy atom. The summed E-state index contributed by atoms with van der Waals surface area (Å²) in [7, 11) is 0. The molecule has 0 aromatic rings. The van der Waals surface area contributed by atoms with Gasteiger partial charge in [-0.1, -0.05) is 0 Å². The highest BCUT2D eigenvalue weighted by molar-refractivity contribution is 5.75. The Morgan fingerprint density at radius 3 is 2.08 bits per heavy atom. The van der Waals surface area contributed by atoms with Gasteiger partial charge in [-0.25, -0.2) is 0 Å². The van der Waals surface area contributed by atoms with Crippen LogP contribution in [0.25, 0.3) is 0 Å². The Labute approximate surface area is 142 Å². The molecule has 0 radical (unpaired) electrons. The maximum absolute atomic E-state index is 12.1. The highest BCUT2D eigenvalue weighted by atomic mass is 16.9. The van der Waals surface area contributed by atoms with Crippen LogP contribution in [0.5, 0.6) is 0 Å². The quantitative estimate of drug-likeness (QED) is 0.709. The van der Waals surface area contributed by atoms with Crippen molar-refractivity contribution in [2.24, 2.45) is 5.41 Å². The Bertz CT molecular complexity index is 508. The van der Waals surface area contributed by atoms with Crippen molar-refractivity contribution in [3.8, 4) is 0 Å². The lowest BCUT2D eigenvalue weighted by Crippen LogP contribution is -2.56. The van der Waals surface area contributed by atoms with Crippen LogP contribution in [0, 0.1) is 5.41 Å². The molecule has 7 heteroatoms. The van der Waals surface area contributed by atoms with Crippen molar-refractivity contribution in [2.45, 2.75) is 90.7 Å². The Balaban J connectivity index is 1.74. The molecule has 5 atom stereocenters. The van der Waals surface area contributed by atoms with Crippen LogP contribution in [0.3, 0.4) is 0 Å². The summed E-state index contributed by atoms with van der Waals surface area (Å²) < 4.78 is 35.2. The Morgan fingerprint density at radius 1 is 0.917 bits per heavy atom. The fraction of sp³-hybridized carbons (Fsp3) is 0.941. The zero-order valence-corrected chi connectivity index (χ0v) is 15.5. The summed E-state index contributed by atoms with van der Waals surface area (Å²) in [6.45, 7) is 12.9. The lowest BCUT2D eigenvalue weighted by molar-refractivity contribution is -0.243. The number of carbonyl (C=O) groups is 1. The van der Waals surface area contributed by atoms with Crippen LogP contribution < -0.4 is 0 Å². The molecule has 0 aromatic heterocycles. The molecule has 0 aliphatic carbocycles. The lowest BCUT2D eigenvalue weighted by Gasteiger charge is -2.37. The monoisotopic (exact) mass is 344 g/mol. The van der Waals surface area contributed by atoms with Crippen LogP contribution in [0.2, 0.25) is 0 Å². The minimum Gasteiger partial charge on any atom is -0.462 e. The average molecular weight is 344 g/mol. The maximum Gasteiger partial charge on any atom is 0.311 e. The first-order valence-corrected chi connectivity index (χ1v) is 8.42. The van der Waals surface area contributed by atoms with Crippen molar-refractivity contribution in [1.82, 2.24) is 0 Å². The van der Waals surface area contributed by atoms with E-state index in [1.54, 1.807) is 0 Å². The number of hydrogen-bond donors (Lipinski definition) is 0. The van der Waals surface area contributed by atoms with Gasteiger partial charge >= 0.3 is 5.97 Å². The van der Waals surface area contributed by atoms with Gasteiger partial charge in [0, 0.05) is 0 Å². The predicted octanol–water partition coefficient (Wildman–Crippen LogP) is 1.97. The maximum atomic E-state index is 12.1. The molecule has 0 amide bonds. The molecule has 0 N–H and O–H groups in total. The molecule has 138 valence electrons. The topological polar surface area (TPSA) is 72.5 Å². The molecule has 3 heterocycles. The van der Waals surface area contributed by atoms with Crippen LogP contribution >= 0.6 is 0 Å². The summed E-state index contributed by atoms with van der Waals surface area (Å²) in [4.78, 5) is 12.1. The van der Waals surface area contributed by atoms with Crippen LogP contribution in [0.1, 0.15) is 48.5 Å². The van der Waals surface area contributed by atoms with E-state index in [2.05, 4.69) is 0 Å². The number of rotatable bonds is 2. The number of carbonyl (C=O) groups excluding carboxylic acids is 1. The standard InChI is InChI=1S/C17H28O7/c1-15(2,3)14(18)19-8-9-10-11(22-16(4,5)21-10)12-13(20-9)24-17(6,7)23-12/h9-13H,8H2,1-7H3/t9-,10+,11-,12?,13?/m1/s1. The molecular weight excluding hydrogens is 316 g/mol. The number of hydrogen-bond acceptors (Lipinski definition) is 7. The minimum absolute atomic E-state index is 0.0870. The largest absolute Gasteiger partial charge is 0.462 e. The average Bonchev–Trinajstić information content (AvgIpc) is 2.88. The van der Waals surface area contributed by atoms with E-state index >= 15 is 0 Å². The molecule has 0 aromatic carbocycles. The van der Waals surface area contributed by atoms with Gasteiger partial charge in [-0.05, 0) is 48.5 Å². The molecule has 0 spiro atoms. The molecule has 3 fully saturated rings. The zero-order valence-electron chi connectivity index (χ0n) is 15.5. The second-order valence-electron chi connectivity index (χ2n) is 8.56. The van der Waals surface area contributed by atoms with Crippen LogP contribution in [-0.2, 0) is 33.2 Å². The smallest absolute Gasteiger partial charge is 0.311 e. The van der Waals surface area contributed by atoms with Crippen molar-refractivity contribution in [2.75, 3.05) is 6.61 Å². The molecule has 2 unspecified atom stereocenters. The summed E-state index contributed by atoms with van der Waals surface area (Å²) in [6, 6.07) is 0. The van der Waals surface area contributed by atoms with Gasteiger partial charge in [0.15, 0.2) is 17.9 Å². The molecule has 0 saturated carbocycles. The van der Waals surface area contributed by atoms with E-state index in [1.165, 1.54) is 0 Å². The second-order valence-corrected chi connectivity index (χ2v) is 8.56. The fourth-order valence-corrected chi connectivity index (χ4v) is 3.20. The first-order valence-electron chi connectivity index (χ1n) is 8.42. The summed E-state index contributed by atoms with van der Waals surface area (Å²) in [5.74, 6) is -1.80. The highest BCUT2D eigenvalue weighted by Gasteiger charge is 2.60. The first-order chi connectivity index (χ1) is 10.9. The first kappa shape index (κ1) is 18.1. The fourth-order valence-electron chi connectivity index (χ4n) is 3.20.